The van der Waals surface area contributed by atoms with Gasteiger partial charge < -0.3 is 10.0 Å². The average Bonchev–Trinajstić information content (AvgIpc) is 2.68. The number of nitrogens with zero attached hydrogens (tertiary/aromatic N) is 2. The van der Waals surface area contributed by atoms with Crippen LogP contribution in [0.4, 0.5) is 5.69 Å². The number of rotatable bonds is 3. The topological polar surface area (TPSA) is 87.6 Å². The zero-order valence-corrected chi connectivity index (χ0v) is 10.7. The van der Waals surface area contributed by atoms with Crippen LogP contribution in [0, 0.1) is 0 Å². The predicted octanol–water partition coefficient (Wildman–Crippen LogP) is 0.403. The zero-order chi connectivity index (χ0) is 13.3. The van der Waals surface area contributed by atoms with Gasteiger partial charge in [-0.2, -0.15) is 0 Å². The molecule has 2 heterocycles. The first-order valence-corrected chi connectivity index (χ1v) is 7.33. The minimum Gasteiger partial charge on any atom is -0.478 e. The highest BCUT2D eigenvalue weighted by Crippen LogP contribution is 2.25. The molecule has 1 aromatic heterocycles. The fourth-order valence-corrected chi connectivity index (χ4v) is 3.91. The Morgan fingerprint density at radius 2 is 2.28 bits per heavy atom. The molecule has 0 bridgehead atoms. The second kappa shape index (κ2) is 4.56. The highest BCUT2D eigenvalue weighted by atomic mass is 32.2. The fraction of sp³-hybridized carbons (Fsp3) is 0.455. The summed E-state index contributed by atoms with van der Waals surface area (Å²) >= 11 is 0. The third kappa shape index (κ3) is 2.45. The second-order valence-electron chi connectivity index (χ2n) is 4.37. The van der Waals surface area contributed by atoms with Crippen LogP contribution in [-0.2, 0) is 9.84 Å². The smallest absolute Gasteiger partial charge is 0.339 e. The van der Waals surface area contributed by atoms with Crippen LogP contribution in [0.2, 0.25) is 0 Å². The number of hydrogen-bond acceptors (Lipinski definition) is 5. The number of hydrogen-bond donors (Lipinski definition) is 1. The number of pyridine rings is 1. The van der Waals surface area contributed by atoms with Gasteiger partial charge in [0.25, 0.3) is 0 Å². The quantitative estimate of drug-likeness (QED) is 0.855. The first-order valence-electron chi connectivity index (χ1n) is 5.51. The maximum atomic E-state index is 11.4. The van der Waals surface area contributed by atoms with Gasteiger partial charge in [-0.3, -0.25) is 4.98 Å². The van der Waals surface area contributed by atoms with Crippen LogP contribution in [0.1, 0.15) is 16.8 Å². The Kier molecular flexibility index (Phi) is 3.25. The van der Waals surface area contributed by atoms with E-state index in [0.717, 1.165) is 0 Å². The van der Waals surface area contributed by atoms with Gasteiger partial charge in [0, 0.05) is 25.5 Å². The highest BCUT2D eigenvalue weighted by Gasteiger charge is 2.32. The first-order chi connectivity index (χ1) is 8.41. The van der Waals surface area contributed by atoms with Crippen LogP contribution in [0.5, 0.6) is 0 Å². The molecule has 0 aromatic carbocycles. The summed E-state index contributed by atoms with van der Waals surface area (Å²) in [4.78, 5) is 16.6. The van der Waals surface area contributed by atoms with Crippen LogP contribution in [0.15, 0.2) is 18.5 Å². The van der Waals surface area contributed by atoms with Gasteiger partial charge in [0.1, 0.15) is 5.56 Å². The molecular formula is C11H14N2O4S. The van der Waals surface area contributed by atoms with Crippen molar-refractivity contribution in [1.82, 2.24) is 4.98 Å². The van der Waals surface area contributed by atoms with E-state index in [2.05, 4.69) is 4.98 Å². The van der Waals surface area contributed by atoms with Gasteiger partial charge in [-0.15, -0.1) is 0 Å². The molecule has 1 aliphatic heterocycles. The van der Waals surface area contributed by atoms with E-state index in [4.69, 9.17) is 5.11 Å². The molecular weight excluding hydrogens is 256 g/mol. The number of aromatic nitrogens is 1. The largest absolute Gasteiger partial charge is 0.478 e. The molecule has 18 heavy (non-hydrogen) atoms. The van der Waals surface area contributed by atoms with Crippen LogP contribution in [-0.4, -0.2) is 49.1 Å². The molecule has 1 aliphatic rings. The van der Waals surface area contributed by atoms with Gasteiger partial charge in [0.15, 0.2) is 9.84 Å². The molecule has 0 amide bonds. The van der Waals surface area contributed by atoms with E-state index in [1.165, 1.54) is 12.4 Å². The van der Waals surface area contributed by atoms with E-state index >= 15 is 0 Å². The minimum atomic E-state index is -2.99. The molecule has 1 fully saturated rings. The van der Waals surface area contributed by atoms with Gasteiger partial charge >= 0.3 is 5.97 Å². The summed E-state index contributed by atoms with van der Waals surface area (Å²) in [7, 11) is -1.27. The van der Waals surface area contributed by atoms with Crippen LogP contribution >= 0.6 is 0 Å². The van der Waals surface area contributed by atoms with Crippen molar-refractivity contribution in [2.24, 2.45) is 0 Å². The van der Waals surface area contributed by atoms with E-state index in [1.54, 1.807) is 18.0 Å². The molecule has 0 saturated carbocycles. The Labute approximate surface area is 105 Å². The maximum absolute atomic E-state index is 11.4. The van der Waals surface area contributed by atoms with Crippen molar-refractivity contribution in [2.75, 3.05) is 23.5 Å². The molecule has 6 nitrogen and oxygen atoms in total. The SMILES string of the molecule is CN(c1ccncc1C(=O)O)C1CCS(=O)(=O)C1. The summed E-state index contributed by atoms with van der Waals surface area (Å²) in [5.41, 5.74) is 0.587. The summed E-state index contributed by atoms with van der Waals surface area (Å²) in [6.07, 6.45) is 3.31. The molecule has 0 aliphatic carbocycles. The number of carbonyl (C=O) groups is 1. The van der Waals surface area contributed by atoms with Crippen molar-refractivity contribution in [3.8, 4) is 0 Å². The summed E-state index contributed by atoms with van der Waals surface area (Å²) < 4.78 is 22.9. The summed E-state index contributed by atoms with van der Waals surface area (Å²) in [6.45, 7) is 0. The standard InChI is InChI=1S/C11H14N2O4S/c1-13(8-3-5-18(16,17)7-8)10-2-4-12-6-9(10)11(14)15/h2,4,6,8H,3,5,7H2,1H3,(H,14,15). The number of carboxylic acid groups (broad SMARTS) is 1. The van der Waals surface area contributed by atoms with Crippen molar-refractivity contribution in [1.29, 1.82) is 0 Å². The van der Waals surface area contributed by atoms with Crippen molar-refractivity contribution in [3.63, 3.8) is 0 Å². The summed E-state index contributed by atoms with van der Waals surface area (Å²) in [5, 5.41) is 9.08. The molecule has 1 aromatic rings. The fourth-order valence-electron chi connectivity index (χ4n) is 2.14. The maximum Gasteiger partial charge on any atom is 0.339 e. The van der Waals surface area contributed by atoms with Crippen LogP contribution in [0.25, 0.3) is 0 Å². The van der Waals surface area contributed by atoms with E-state index < -0.39 is 15.8 Å². The molecule has 1 N–H and O–H groups in total. The molecule has 1 unspecified atom stereocenters. The van der Waals surface area contributed by atoms with E-state index in [0.29, 0.717) is 12.1 Å². The Hall–Kier alpha value is -1.63. The Bertz CT molecular complexity index is 570. The van der Waals surface area contributed by atoms with Gasteiger partial charge in [0.05, 0.1) is 17.2 Å². The Balaban J connectivity index is 2.30. The molecule has 0 radical (unpaired) electrons. The zero-order valence-electron chi connectivity index (χ0n) is 9.91. The average molecular weight is 270 g/mol. The normalized spacial score (nSPS) is 21.7. The summed E-state index contributed by atoms with van der Waals surface area (Å²) in [6, 6.07) is 1.42. The molecule has 0 spiro atoms. The first kappa shape index (κ1) is 12.8. The predicted molar refractivity (Wildman–Crippen MR) is 66.7 cm³/mol. The lowest BCUT2D eigenvalue weighted by Gasteiger charge is -2.26. The van der Waals surface area contributed by atoms with Crippen LogP contribution < -0.4 is 4.90 Å². The van der Waals surface area contributed by atoms with Gasteiger partial charge in [-0.05, 0) is 12.5 Å². The molecule has 98 valence electrons. The molecule has 1 saturated heterocycles. The highest BCUT2D eigenvalue weighted by molar-refractivity contribution is 7.91. The summed E-state index contributed by atoms with van der Waals surface area (Å²) in [5.74, 6) is -0.828. The lowest BCUT2D eigenvalue weighted by atomic mass is 10.1. The Morgan fingerprint density at radius 1 is 1.56 bits per heavy atom. The molecule has 2 rings (SSSR count). The lowest BCUT2D eigenvalue weighted by Crippen LogP contribution is -2.33. The Morgan fingerprint density at radius 3 is 2.83 bits per heavy atom. The van der Waals surface area contributed by atoms with Crippen LogP contribution in [0.3, 0.4) is 0 Å². The number of sulfone groups is 1. The van der Waals surface area contributed by atoms with Crippen molar-refractivity contribution < 1.29 is 18.3 Å². The van der Waals surface area contributed by atoms with Gasteiger partial charge in [0.2, 0.25) is 0 Å². The van der Waals surface area contributed by atoms with E-state index in [-0.39, 0.29) is 23.1 Å². The number of aromatic carboxylic acids is 1. The van der Waals surface area contributed by atoms with Crippen molar-refractivity contribution >= 4 is 21.5 Å². The van der Waals surface area contributed by atoms with Crippen molar-refractivity contribution in [2.45, 2.75) is 12.5 Å². The lowest BCUT2D eigenvalue weighted by molar-refractivity contribution is 0.0697. The number of anilines is 1. The molecule has 1 atom stereocenters. The third-order valence-electron chi connectivity index (χ3n) is 3.16. The van der Waals surface area contributed by atoms with E-state index in [9.17, 15) is 13.2 Å². The van der Waals surface area contributed by atoms with Gasteiger partial charge in [-0.1, -0.05) is 0 Å². The minimum absolute atomic E-state index is 0.0743. The third-order valence-corrected chi connectivity index (χ3v) is 4.91. The van der Waals surface area contributed by atoms with E-state index in [1.807, 2.05) is 0 Å². The second-order valence-corrected chi connectivity index (χ2v) is 6.59. The molecule has 7 heteroatoms. The van der Waals surface area contributed by atoms with Gasteiger partial charge in [-0.25, -0.2) is 13.2 Å². The number of carboxylic acids is 1. The monoisotopic (exact) mass is 270 g/mol. The van der Waals surface area contributed by atoms with Crippen molar-refractivity contribution in [3.05, 3.63) is 24.0 Å².